The Labute approximate surface area is 166 Å². The van der Waals surface area contributed by atoms with Crippen LogP contribution in [0.5, 0.6) is 0 Å². The van der Waals surface area contributed by atoms with Crippen LogP contribution in [-0.4, -0.2) is 18.8 Å². The minimum Gasteiger partial charge on any atom is -0.378 e. The van der Waals surface area contributed by atoms with Gasteiger partial charge in [0.1, 0.15) is 0 Å². The van der Waals surface area contributed by atoms with E-state index in [1.807, 2.05) is 0 Å². The first-order valence-corrected chi connectivity index (χ1v) is 11.5. The van der Waals surface area contributed by atoms with Crippen molar-refractivity contribution in [2.24, 2.45) is 23.7 Å². The van der Waals surface area contributed by atoms with Gasteiger partial charge in [0.15, 0.2) is 0 Å². The van der Waals surface area contributed by atoms with Crippen LogP contribution in [0.4, 0.5) is 0 Å². The zero-order valence-corrected chi connectivity index (χ0v) is 17.2. The molecule has 2 unspecified atom stereocenters. The van der Waals surface area contributed by atoms with Crippen molar-refractivity contribution in [3.05, 3.63) is 35.9 Å². The second-order valence-corrected chi connectivity index (χ2v) is 9.56. The third-order valence-electron chi connectivity index (χ3n) is 7.60. The van der Waals surface area contributed by atoms with E-state index in [0.717, 1.165) is 36.9 Å². The van der Waals surface area contributed by atoms with Gasteiger partial charge in [0, 0.05) is 6.61 Å². The quantitative estimate of drug-likeness (QED) is 0.598. The summed E-state index contributed by atoms with van der Waals surface area (Å²) in [5, 5.41) is 0. The fourth-order valence-electron chi connectivity index (χ4n) is 5.78. The predicted molar refractivity (Wildman–Crippen MR) is 111 cm³/mol. The maximum Gasteiger partial charge on any atom is 0.0720 e. The molecule has 2 heteroatoms. The summed E-state index contributed by atoms with van der Waals surface area (Å²) in [6, 6.07) is 10.6. The summed E-state index contributed by atoms with van der Waals surface area (Å²) in [5.74, 6) is 3.55. The molecule has 1 aromatic rings. The zero-order chi connectivity index (χ0) is 18.5. The molecule has 2 atom stereocenters. The van der Waals surface area contributed by atoms with Crippen LogP contribution in [0, 0.1) is 23.7 Å². The van der Waals surface area contributed by atoms with Crippen LogP contribution < -0.4 is 0 Å². The molecule has 2 nitrogen and oxygen atoms in total. The van der Waals surface area contributed by atoms with Crippen LogP contribution in [0.15, 0.2) is 30.3 Å². The van der Waals surface area contributed by atoms with Gasteiger partial charge in [-0.1, -0.05) is 37.3 Å². The lowest BCUT2D eigenvalue weighted by molar-refractivity contribution is -0.0585. The second-order valence-electron chi connectivity index (χ2n) is 9.56. The molecule has 0 N–H and O–H groups in total. The summed E-state index contributed by atoms with van der Waals surface area (Å²) in [5.41, 5.74) is 1.30. The molecule has 3 fully saturated rings. The Morgan fingerprint density at radius 3 is 2.04 bits per heavy atom. The van der Waals surface area contributed by atoms with E-state index >= 15 is 0 Å². The fourth-order valence-corrected chi connectivity index (χ4v) is 5.78. The monoisotopic (exact) mass is 370 g/mol. The number of benzene rings is 1. The van der Waals surface area contributed by atoms with E-state index in [-0.39, 0.29) is 0 Å². The van der Waals surface area contributed by atoms with Crippen LogP contribution in [0.1, 0.15) is 76.7 Å². The molecule has 0 amide bonds. The van der Waals surface area contributed by atoms with Crippen LogP contribution in [0.2, 0.25) is 0 Å². The third kappa shape index (κ3) is 5.35. The van der Waals surface area contributed by atoms with E-state index in [2.05, 4.69) is 37.3 Å². The maximum absolute atomic E-state index is 6.19. The third-order valence-corrected chi connectivity index (χ3v) is 7.60. The second kappa shape index (κ2) is 9.56. The molecule has 0 aromatic heterocycles. The highest BCUT2D eigenvalue weighted by atomic mass is 16.5. The molecular weight excluding hydrogens is 332 g/mol. The summed E-state index contributed by atoms with van der Waals surface area (Å²) >= 11 is 0. The maximum atomic E-state index is 6.19. The Hall–Kier alpha value is -0.860. The lowest BCUT2D eigenvalue weighted by Gasteiger charge is -2.41. The predicted octanol–water partition coefficient (Wildman–Crippen LogP) is 6.38. The molecule has 0 radical (unpaired) electrons. The lowest BCUT2D eigenvalue weighted by Crippen LogP contribution is -2.35. The Kier molecular flexibility index (Phi) is 6.89. The molecule has 1 aliphatic heterocycles. The molecular formula is C25H38O2. The number of ether oxygens (including phenoxy) is 2. The van der Waals surface area contributed by atoms with E-state index < -0.39 is 0 Å². The van der Waals surface area contributed by atoms with Crippen molar-refractivity contribution < 1.29 is 9.47 Å². The highest BCUT2D eigenvalue weighted by molar-refractivity contribution is 5.13. The average molecular weight is 371 g/mol. The molecule has 3 aliphatic rings. The van der Waals surface area contributed by atoms with Crippen molar-refractivity contribution in [1.29, 1.82) is 0 Å². The molecule has 2 saturated carbocycles. The number of hydrogen-bond donors (Lipinski definition) is 0. The van der Waals surface area contributed by atoms with Gasteiger partial charge in [-0.05, 0) is 93.4 Å². The van der Waals surface area contributed by atoms with Gasteiger partial charge in [-0.25, -0.2) is 0 Å². The minimum atomic E-state index is 0.482. The summed E-state index contributed by atoms with van der Waals surface area (Å²) in [4.78, 5) is 0. The zero-order valence-electron chi connectivity index (χ0n) is 17.2. The summed E-state index contributed by atoms with van der Waals surface area (Å²) in [7, 11) is 0. The minimum absolute atomic E-state index is 0.482. The van der Waals surface area contributed by atoms with E-state index in [1.54, 1.807) is 0 Å². The van der Waals surface area contributed by atoms with Crippen molar-refractivity contribution in [2.45, 2.75) is 89.9 Å². The van der Waals surface area contributed by atoms with Crippen molar-refractivity contribution >= 4 is 0 Å². The van der Waals surface area contributed by atoms with Gasteiger partial charge in [0.2, 0.25) is 0 Å². The van der Waals surface area contributed by atoms with Crippen LogP contribution in [-0.2, 0) is 16.1 Å². The highest BCUT2D eigenvalue weighted by Gasteiger charge is 2.34. The van der Waals surface area contributed by atoms with Crippen LogP contribution >= 0.6 is 0 Å². The highest BCUT2D eigenvalue weighted by Crippen LogP contribution is 2.42. The van der Waals surface area contributed by atoms with E-state index in [4.69, 9.17) is 9.47 Å². The molecule has 1 saturated heterocycles. The first kappa shape index (κ1) is 19.5. The Balaban J connectivity index is 1.15. The molecule has 1 heterocycles. The SMILES string of the molecule is CC1CCC(C2CCC(C3CCC(OCc4ccccc4)CC3)CC2)OC1. The van der Waals surface area contributed by atoms with Gasteiger partial charge in [0.25, 0.3) is 0 Å². The topological polar surface area (TPSA) is 18.5 Å². The summed E-state index contributed by atoms with van der Waals surface area (Å²) in [6.45, 7) is 4.10. The van der Waals surface area contributed by atoms with Gasteiger partial charge in [-0.2, -0.15) is 0 Å². The first-order valence-electron chi connectivity index (χ1n) is 11.5. The normalized spacial score (nSPS) is 37.8. The molecule has 1 aromatic carbocycles. The molecule has 27 heavy (non-hydrogen) atoms. The fraction of sp³-hybridized carbons (Fsp3) is 0.760. The van der Waals surface area contributed by atoms with Gasteiger partial charge in [-0.15, -0.1) is 0 Å². The average Bonchev–Trinajstić information content (AvgIpc) is 2.74. The van der Waals surface area contributed by atoms with E-state index in [1.165, 1.54) is 69.8 Å². The summed E-state index contributed by atoms with van der Waals surface area (Å²) < 4.78 is 12.4. The Bertz CT molecular complexity index is 533. The van der Waals surface area contributed by atoms with E-state index in [0.29, 0.717) is 12.2 Å². The van der Waals surface area contributed by atoms with Crippen LogP contribution in [0.25, 0.3) is 0 Å². The molecule has 150 valence electrons. The summed E-state index contributed by atoms with van der Waals surface area (Å²) in [6.07, 6.45) is 14.7. The lowest BCUT2D eigenvalue weighted by atomic mass is 9.69. The van der Waals surface area contributed by atoms with Gasteiger partial charge in [-0.3, -0.25) is 0 Å². The van der Waals surface area contributed by atoms with Gasteiger partial charge in [0.05, 0.1) is 18.8 Å². The first-order chi connectivity index (χ1) is 13.3. The smallest absolute Gasteiger partial charge is 0.0720 e. The van der Waals surface area contributed by atoms with E-state index in [9.17, 15) is 0 Å². The van der Waals surface area contributed by atoms with Crippen LogP contribution in [0.3, 0.4) is 0 Å². The van der Waals surface area contributed by atoms with Gasteiger partial charge < -0.3 is 9.47 Å². The molecule has 0 bridgehead atoms. The van der Waals surface area contributed by atoms with Crippen molar-refractivity contribution in [1.82, 2.24) is 0 Å². The largest absolute Gasteiger partial charge is 0.378 e. The molecule has 4 rings (SSSR count). The van der Waals surface area contributed by atoms with Crippen molar-refractivity contribution in [3.63, 3.8) is 0 Å². The molecule has 2 aliphatic carbocycles. The van der Waals surface area contributed by atoms with Crippen molar-refractivity contribution in [2.75, 3.05) is 6.61 Å². The Morgan fingerprint density at radius 1 is 0.778 bits per heavy atom. The molecule has 0 spiro atoms. The number of hydrogen-bond acceptors (Lipinski definition) is 2. The number of rotatable bonds is 5. The Morgan fingerprint density at radius 2 is 1.41 bits per heavy atom. The standard InChI is InChI=1S/C25H38O2/c1-19-7-16-25(27-17-19)23-10-8-21(9-11-23)22-12-14-24(15-13-22)26-18-20-5-3-2-4-6-20/h2-6,19,21-25H,7-18H2,1H3. The van der Waals surface area contributed by atoms with Gasteiger partial charge >= 0.3 is 0 Å². The van der Waals surface area contributed by atoms with Crippen molar-refractivity contribution in [3.8, 4) is 0 Å².